The molecule has 0 aliphatic rings. The van der Waals surface area contributed by atoms with Crippen LogP contribution in [0.4, 0.5) is 0 Å². The Balaban J connectivity index is 0.000000172. The van der Waals surface area contributed by atoms with Crippen molar-refractivity contribution in [1.29, 1.82) is 0 Å². The van der Waals surface area contributed by atoms with Crippen molar-refractivity contribution in [3.8, 4) is 5.75 Å². The Morgan fingerprint density at radius 1 is 0.682 bits per heavy atom. The van der Waals surface area contributed by atoms with E-state index in [-0.39, 0.29) is 5.75 Å². The van der Waals surface area contributed by atoms with Crippen LogP contribution in [0.5, 0.6) is 5.75 Å². The van der Waals surface area contributed by atoms with Crippen LogP contribution in [0, 0.1) is 0 Å². The van der Waals surface area contributed by atoms with Gasteiger partial charge in [-0.3, -0.25) is 0 Å². The lowest BCUT2D eigenvalue weighted by Crippen LogP contribution is -2.01. The van der Waals surface area contributed by atoms with Gasteiger partial charge in [0.25, 0.3) is 0 Å². The van der Waals surface area contributed by atoms with E-state index in [0.717, 1.165) is 14.1 Å². The van der Waals surface area contributed by atoms with Gasteiger partial charge in [-0.05, 0) is 16.7 Å². The van der Waals surface area contributed by atoms with Crippen LogP contribution in [0.15, 0.2) is 91.5 Å². The number of phenolic OH excluding ortho intramolecular Hbond substituents is 1. The number of hydrogen-bond acceptors (Lipinski definition) is 1. The topological polar surface area (TPSA) is 20.2 Å². The number of phenols is 1. The van der Waals surface area contributed by atoms with Gasteiger partial charge in [0.15, 0.2) is 0 Å². The average molecular weight is 306 g/mol. The summed E-state index contributed by atoms with van der Waals surface area (Å²) in [6, 6.07) is 28.2. The molecule has 3 rings (SSSR count). The van der Waals surface area contributed by atoms with Crippen LogP contribution < -0.4 is 10.6 Å². The van der Waals surface area contributed by atoms with E-state index in [1.54, 1.807) is 18.2 Å². The first kappa shape index (κ1) is 16.0. The fourth-order valence-corrected chi connectivity index (χ4v) is 2.92. The highest BCUT2D eigenvalue weighted by Crippen LogP contribution is 2.15. The molecule has 0 unspecified atom stereocenters. The molecule has 1 N–H and O–H groups in total. The molecule has 0 fully saturated rings. The van der Waals surface area contributed by atoms with Gasteiger partial charge in [-0.25, -0.2) is 0 Å². The SMILES string of the molecule is C=Cc1ccccc1O.c1ccc(Pc2ccccc2)cc1. The number of aromatic hydroxyl groups is 1. The van der Waals surface area contributed by atoms with Crippen LogP contribution in [0.1, 0.15) is 5.56 Å². The van der Waals surface area contributed by atoms with Crippen molar-refractivity contribution in [3.63, 3.8) is 0 Å². The summed E-state index contributed by atoms with van der Waals surface area (Å²) >= 11 is 0. The molecule has 0 radical (unpaired) electrons. The summed E-state index contributed by atoms with van der Waals surface area (Å²) in [5.41, 5.74) is 0.775. The third-order valence-corrected chi connectivity index (χ3v) is 4.24. The predicted molar refractivity (Wildman–Crippen MR) is 98.7 cm³/mol. The Kier molecular flexibility index (Phi) is 6.41. The van der Waals surface area contributed by atoms with Gasteiger partial charge >= 0.3 is 0 Å². The van der Waals surface area contributed by atoms with Crippen LogP contribution in [-0.2, 0) is 0 Å². The minimum absolute atomic E-state index is 0.285. The van der Waals surface area contributed by atoms with Gasteiger partial charge in [0.2, 0.25) is 0 Å². The van der Waals surface area contributed by atoms with E-state index in [1.807, 2.05) is 12.1 Å². The first-order valence-corrected chi connectivity index (χ1v) is 8.07. The van der Waals surface area contributed by atoms with E-state index in [4.69, 9.17) is 5.11 Å². The number of para-hydroxylation sites is 1. The third-order valence-electron chi connectivity index (χ3n) is 2.99. The minimum atomic E-state index is 0.285. The quantitative estimate of drug-likeness (QED) is 0.713. The molecular weight excluding hydrogens is 287 g/mol. The summed E-state index contributed by atoms with van der Waals surface area (Å²) in [6.07, 6.45) is 1.62. The van der Waals surface area contributed by atoms with Crippen molar-refractivity contribution in [2.45, 2.75) is 0 Å². The van der Waals surface area contributed by atoms with Crippen molar-refractivity contribution < 1.29 is 5.11 Å². The van der Waals surface area contributed by atoms with E-state index >= 15 is 0 Å². The molecule has 0 aromatic heterocycles. The molecule has 0 saturated carbocycles. The van der Waals surface area contributed by atoms with Crippen molar-refractivity contribution in [3.05, 3.63) is 97.1 Å². The average Bonchev–Trinajstić information content (AvgIpc) is 2.58. The molecule has 0 bridgehead atoms. The van der Waals surface area contributed by atoms with Gasteiger partial charge in [0.05, 0.1) is 0 Å². The summed E-state index contributed by atoms with van der Waals surface area (Å²) in [5, 5.41) is 11.8. The van der Waals surface area contributed by atoms with Crippen LogP contribution in [0.25, 0.3) is 6.08 Å². The van der Waals surface area contributed by atoms with Crippen molar-refractivity contribution in [1.82, 2.24) is 0 Å². The molecule has 0 amide bonds. The summed E-state index contributed by atoms with van der Waals surface area (Å²) in [7, 11) is 0.777. The first-order valence-electron chi connectivity index (χ1n) is 7.07. The van der Waals surface area contributed by atoms with Gasteiger partial charge in [-0.1, -0.05) is 100 Å². The van der Waals surface area contributed by atoms with E-state index in [2.05, 4.69) is 67.2 Å². The van der Waals surface area contributed by atoms with E-state index < -0.39 is 0 Å². The van der Waals surface area contributed by atoms with E-state index in [0.29, 0.717) is 0 Å². The van der Waals surface area contributed by atoms with E-state index in [1.165, 1.54) is 10.6 Å². The monoisotopic (exact) mass is 306 g/mol. The maximum Gasteiger partial charge on any atom is 0.122 e. The Morgan fingerprint density at radius 3 is 1.55 bits per heavy atom. The zero-order valence-corrected chi connectivity index (χ0v) is 13.3. The molecule has 22 heavy (non-hydrogen) atoms. The van der Waals surface area contributed by atoms with Crippen LogP contribution in [-0.4, -0.2) is 5.11 Å². The second kappa shape index (κ2) is 8.81. The minimum Gasteiger partial charge on any atom is -0.507 e. The molecule has 0 aliphatic heterocycles. The maximum atomic E-state index is 9.04. The van der Waals surface area contributed by atoms with Gasteiger partial charge < -0.3 is 5.11 Å². The zero-order valence-electron chi connectivity index (χ0n) is 12.3. The maximum absolute atomic E-state index is 9.04. The molecule has 0 aliphatic carbocycles. The van der Waals surface area contributed by atoms with Crippen molar-refractivity contribution in [2.75, 3.05) is 0 Å². The molecular formula is C20H19OP. The van der Waals surface area contributed by atoms with Crippen molar-refractivity contribution >= 4 is 25.3 Å². The summed E-state index contributed by atoms with van der Waals surface area (Å²) in [4.78, 5) is 0. The summed E-state index contributed by atoms with van der Waals surface area (Å²) in [5.74, 6) is 0.285. The van der Waals surface area contributed by atoms with Crippen molar-refractivity contribution in [2.24, 2.45) is 0 Å². The number of hydrogen-bond donors (Lipinski definition) is 1. The standard InChI is InChI=1S/C12H11P.C8H8O/c1-3-7-11(8-4-1)13-12-9-5-2-6-10-12;1-2-7-5-3-4-6-8(7)9/h1-10,13H;2-6,9H,1H2. The molecule has 110 valence electrons. The Hall–Kier alpha value is -2.37. The second-order valence-corrected chi connectivity index (χ2v) is 6.02. The zero-order chi connectivity index (χ0) is 15.6. The lowest BCUT2D eigenvalue weighted by Gasteiger charge is -2.00. The molecule has 0 heterocycles. The first-order chi connectivity index (χ1) is 10.8. The Bertz CT molecular complexity index is 656. The smallest absolute Gasteiger partial charge is 0.122 e. The second-order valence-electron chi connectivity index (χ2n) is 4.62. The molecule has 2 heteroatoms. The van der Waals surface area contributed by atoms with Gasteiger partial charge in [-0.15, -0.1) is 0 Å². The summed E-state index contributed by atoms with van der Waals surface area (Å²) in [6.45, 7) is 3.53. The third kappa shape index (κ3) is 5.20. The van der Waals surface area contributed by atoms with Crippen LogP contribution in [0.3, 0.4) is 0 Å². The Labute approximate surface area is 133 Å². The van der Waals surface area contributed by atoms with Crippen LogP contribution >= 0.6 is 8.58 Å². The fraction of sp³-hybridized carbons (Fsp3) is 0. The highest BCUT2D eigenvalue weighted by Gasteiger charge is 1.92. The highest BCUT2D eigenvalue weighted by atomic mass is 31.1. The van der Waals surface area contributed by atoms with E-state index in [9.17, 15) is 0 Å². The molecule has 0 saturated heterocycles. The van der Waals surface area contributed by atoms with Crippen LogP contribution in [0.2, 0.25) is 0 Å². The van der Waals surface area contributed by atoms with Gasteiger partial charge in [-0.2, -0.15) is 0 Å². The number of benzene rings is 3. The molecule has 3 aromatic rings. The predicted octanol–water partition coefficient (Wildman–Crippen LogP) is 4.35. The highest BCUT2D eigenvalue weighted by molar-refractivity contribution is 7.55. The lowest BCUT2D eigenvalue weighted by atomic mass is 10.2. The molecule has 3 aromatic carbocycles. The lowest BCUT2D eigenvalue weighted by molar-refractivity contribution is 0.474. The Morgan fingerprint density at radius 2 is 1.14 bits per heavy atom. The fourth-order valence-electron chi connectivity index (χ4n) is 1.87. The molecule has 0 atom stereocenters. The van der Waals surface area contributed by atoms with Gasteiger partial charge in [0.1, 0.15) is 5.75 Å². The largest absolute Gasteiger partial charge is 0.507 e. The molecule has 1 nitrogen and oxygen atoms in total. The normalized spacial score (nSPS) is 9.45. The number of rotatable bonds is 3. The molecule has 0 spiro atoms. The van der Waals surface area contributed by atoms with Gasteiger partial charge in [0, 0.05) is 5.56 Å². The summed E-state index contributed by atoms with van der Waals surface area (Å²) < 4.78 is 0.